The molecule has 0 radical (unpaired) electrons. The van der Waals surface area contributed by atoms with Crippen LogP contribution in [-0.2, 0) is 22.8 Å². The summed E-state index contributed by atoms with van der Waals surface area (Å²) in [6.45, 7) is 2.56. The van der Waals surface area contributed by atoms with Gasteiger partial charge in [-0.2, -0.15) is 0 Å². The van der Waals surface area contributed by atoms with E-state index < -0.39 is 17.8 Å². The number of ether oxygens (including phenoxy) is 3. The zero-order chi connectivity index (χ0) is 30.5. The minimum Gasteiger partial charge on any atom is -0.493 e. The molecule has 8 nitrogen and oxygen atoms in total. The molecule has 10 heteroatoms. The predicted octanol–water partition coefficient (Wildman–Crippen LogP) is 6.57. The van der Waals surface area contributed by atoms with E-state index in [2.05, 4.69) is 27.9 Å². The van der Waals surface area contributed by atoms with Crippen molar-refractivity contribution in [2.75, 3.05) is 12.0 Å². The van der Waals surface area contributed by atoms with Gasteiger partial charge in [0.2, 0.25) is 0 Å². The molecule has 1 saturated heterocycles. The third kappa shape index (κ3) is 7.03. The monoisotopic (exact) mass is 692 g/mol. The van der Waals surface area contributed by atoms with E-state index in [-0.39, 0.29) is 23.7 Å². The van der Waals surface area contributed by atoms with Crippen LogP contribution in [0.15, 0.2) is 90.5 Å². The van der Waals surface area contributed by atoms with Crippen molar-refractivity contribution in [2.24, 2.45) is 0 Å². The first-order valence-electron chi connectivity index (χ1n) is 13.2. The summed E-state index contributed by atoms with van der Waals surface area (Å²) in [5, 5.41) is 2.23. The molecule has 1 aliphatic rings. The van der Waals surface area contributed by atoms with Gasteiger partial charge in [-0.25, -0.2) is 14.1 Å². The second kappa shape index (κ2) is 13.1. The molecule has 4 aromatic rings. The molecular weight excluding hydrogens is 666 g/mol. The van der Waals surface area contributed by atoms with Gasteiger partial charge in [-0.3, -0.25) is 14.9 Å². The van der Waals surface area contributed by atoms with Crippen molar-refractivity contribution in [3.05, 3.63) is 122 Å². The standard InChI is InChI=1S/C33H26FIN2O6/c1-20-3-5-21(6-4-20)18-42-26-13-11-25(12-14-26)37-32(39)27(31(38)36-33(37)40)15-23-16-28(35)30(29(17-23)41-2)43-19-22-7-9-24(34)10-8-22/h3-17H,18-19H2,1-2H3,(H,36,38,40)/b27-15+. The Hall–Kier alpha value is -4.71. The molecule has 1 N–H and O–H groups in total. The van der Waals surface area contributed by atoms with Crippen molar-refractivity contribution >= 4 is 52.2 Å². The number of benzene rings is 4. The maximum Gasteiger partial charge on any atom is 0.335 e. The molecule has 1 aliphatic heterocycles. The Morgan fingerprint density at radius 3 is 2.14 bits per heavy atom. The van der Waals surface area contributed by atoms with Crippen LogP contribution in [0.1, 0.15) is 22.3 Å². The first-order valence-corrected chi connectivity index (χ1v) is 14.2. The van der Waals surface area contributed by atoms with Crippen molar-refractivity contribution in [1.82, 2.24) is 5.32 Å². The first kappa shape index (κ1) is 29.8. The average molecular weight is 692 g/mol. The lowest BCUT2D eigenvalue weighted by atomic mass is 10.1. The maximum absolute atomic E-state index is 13.4. The van der Waals surface area contributed by atoms with E-state index in [1.807, 2.05) is 31.2 Å². The fourth-order valence-corrected chi connectivity index (χ4v) is 5.08. The average Bonchev–Trinajstić information content (AvgIpc) is 2.99. The Kier molecular flexibility index (Phi) is 9.05. The molecule has 1 heterocycles. The van der Waals surface area contributed by atoms with Crippen LogP contribution >= 0.6 is 22.6 Å². The van der Waals surface area contributed by atoms with Crippen LogP contribution in [0.3, 0.4) is 0 Å². The molecular formula is C33H26FIN2O6. The number of halogens is 2. The molecule has 1 fully saturated rings. The highest BCUT2D eigenvalue weighted by Gasteiger charge is 2.37. The van der Waals surface area contributed by atoms with E-state index >= 15 is 0 Å². The summed E-state index contributed by atoms with van der Waals surface area (Å²) < 4.78 is 31.2. The molecule has 0 unspecified atom stereocenters. The Morgan fingerprint density at radius 1 is 0.860 bits per heavy atom. The molecule has 0 atom stereocenters. The van der Waals surface area contributed by atoms with Gasteiger partial charge < -0.3 is 14.2 Å². The number of carbonyl (C=O) groups is 3. The van der Waals surface area contributed by atoms with Crippen LogP contribution in [0.5, 0.6) is 17.2 Å². The molecule has 0 aliphatic carbocycles. The number of rotatable bonds is 9. The maximum atomic E-state index is 13.4. The minimum atomic E-state index is -0.850. The number of hydrogen-bond acceptors (Lipinski definition) is 6. The van der Waals surface area contributed by atoms with Crippen molar-refractivity contribution in [1.29, 1.82) is 0 Å². The van der Waals surface area contributed by atoms with Gasteiger partial charge in [-0.1, -0.05) is 42.0 Å². The van der Waals surface area contributed by atoms with Gasteiger partial charge >= 0.3 is 6.03 Å². The van der Waals surface area contributed by atoms with Crippen molar-refractivity contribution in [3.8, 4) is 17.2 Å². The van der Waals surface area contributed by atoms with Crippen LogP contribution in [0, 0.1) is 16.3 Å². The minimum absolute atomic E-state index is 0.181. The quantitative estimate of drug-likeness (QED) is 0.121. The summed E-state index contributed by atoms with van der Waals surface area (Å²) in [4.78, 5) is 39.8. The molecule has 4 amide bonds. The Morgan fingerprint density at radius 2 is 1.49 bits per heavy atom. The molecule has 0 aromatic heterocycles. The number of methoxy groups -OCH3 is 1. The van der Waals surface area contributed by atoms with Crippen LogP contribution in [-0.4, -0.2) is 25.0 Å². The Balaban J connectivity index is 1.33. The second-order valence-electron chi connectivity index (χ2n) is 9.68. The van der Waals surface area contributed by atoms with Crippen LogP contribution < -0.4 is 24.4 Å². The van der Waals surface area contributed by atoms with E-state index in [1.165, 1.54) is 25.3 Å². The van der Waals surface area contributed by atoms with Gasteiger partial charge in [0, 0.05) is 0 Å². The van der Waals surface area contributed by atoms with E-state index in [0.717, 1.165) is 21.6 Å². The van der Waals surface area contributed by atoms with E-state index in [9.17, 15) is 18.8 Å². The van der Waals surface area contributed by atoms with Gasteiger partial charge in [0.1, 0.15) is 30.4 Å². The summed E-state index contributed by atoms with van der Waals surface area (Å²) in [7, 11) is 1.47. The van der Waals surface area contributed by atoms with E-state index in [0.29, 0.717) is 33.0 Å². The van der Waals surface area contributed by atoms with Crippen molar-refractivity contribution < 1.29 is 33.0 Å². The number of anilines is 1. The SMILES string of the molecule is COc1cc(/C=C2\C(=O)NC(=O)N(c3ccc(OCc4ccc(C)cc4)cc3)C2=O)cc(I)c1OCc1ccc(F)cc1. The Bertz CT molecular complexity index is 1700. The van der Waals surface area contributed by atoms with Gasteiger partial charge in [0.15, 0.2) is 11.5 Å². The van der Waals surface area contributed by atoms with Crippen molar-refractivity contribution in [2.45, 2.75) is 20.1 Å². The number of barbiturate groups is 1. The number of hydrogen-bond donors (Lipinski definition) is 1. The smallest absolute Gasteiger partial charge is 0.335 e. The molecule has 43 heavy (non-hydrogen) atoms. The lowest BCUT2D eigenvalue weighted by Crippen LogP contribution is -2.54. The highest BCUT2D eigenvalue weighted by molar-refractivity contribution is 14.1. The number of carbonyl (C=O) groups excluding carboxylic acids is 3. The van der Waals surface area contributed by atoms with Crippen LogP contribution in [0.2, 0.25) is 0 Å². The summed E-state index contributed by atoms with van der Waals surface area (Å²) in [5.41, 5.74) is 3.47. The van der Waals surface area contributed by atoms with E-state index in [1.54, 1.807) is 48.5 Å². The number of amides is 4. The van der Waals surface area contributed by atoms with Gasteiger partial charge in [-0.15, -0.1) is 0 Å². The normalized spacial score (nSPS) is 14.1. The second-order valence-corrected chi connectivity index (χ2v) is 10.8. The fourth-order valence-electron chi connectivity index (χ4n) is 4.30. The van der Waals surface area contributed by atoms with Gasteiger partial charge in [0.25, 0.3) is 11.8 Å². The zero-order valence-corrected chi connectivity index (χ0v) is 25.4. The molecule has 5 rings (SSSR count). The van der Waals surface area contributed by atoms with Crippen LogP contribution in [0.25, 0.3) is 6.08 Å². The fraction of sp³-hybridized carbons (Fsp3) is 0.121. The number of imide groups is 2. The lowest BCUT2D eigenvalue weighted by molar-refractivity contribution is -0.122. The third-order valence-electron chi connectivity index (χ3n) is 6.58. The highest BCUT2D eigenvalue weighted by atomic mass is 127. The predicted molar refractivity (Wildman–Crippen MR) is 167 cm³/mol. The molecule has 0 saturated carbocycles. The summed E-state index contributed by atoms with van der Waals surface area (Å²) in [6.07, 6.45) is 1.39. The molecule has 0 spiro atoms. The lowest BCUT2D eigenvalue weighted by Gasteiger charge is -2.26. The van der Waals surface area contributed by atoms with Gasteiger partial charge in [0.05, 0.1) is 16.4 Å². The number of aryl methyl sites for hydroxylation is 1. The molecule has 218 valence electrons. The number of urea groups is 1. The highest BCUT2D eigenvalue weighted by Crippen LogP contribution is 2.36. The first-order chi connectivity index (χ1) is 20.7. The third-order valence-corrected chi connectivity index (χ3v) is 7.38. The Labute approximate surface area is 261 Å². The molecule has 4 aromatic carbocycles. The summed E-state index contributed by atoms with van der Waals surface area (Å²) >= 11 is 2.06. The van der Waals surface area contributed by atoms with Crippen molar-refractivity contribution in [3.63, 3.8) is 0 Å². The summed E-state index contributed by atoms with van der Waals surface area (Å²) in [6, 6.07) is 22.9. The topological polar surface area (TPSA) is 94.2 Å². The number of nitrogens with zero attached hydrogens (tertiary/aromatic N) is 1. The van der Waals surface area contributed by atoms with Gasteiger partial charge in [-0.05, 0) is 101 Å². The van der Waals surface area contributed by atoms with Crippen LogP contribution in [0.4, 0.5) is 14.9 Å². The summed E-state index contributed by atoms with van der Waals surface area (Å²) in [5.74, 6) is -0.531. The van der Waals surface area contributed by atoms with E-state index in [4.69, 9.17) is 14.2 Å². The number of nitrogens with one attached hydrogen (secondary N) is 1. The largest absolute Gasteiger partial charge is 0.493 e. The molecule has 0 bridgehead atoms. The zero-order valence-electron chi connectivity index (χ0n) is 23.2.